The first-order valence-corrected chi connectivity index (χ1v) is 9.23. The van der Waals surface area contributed by atoms with Crippen molar-refractivity contribution in [2.45, 2.75) is 0 Å². The highest BCUT2D eigenvalue weighted by atomic mass is 16.5. The number of rotatable bonds is 3. The fraction of sp³-hybridized carbons (Fsp3) is 0.706. The number of carbonyl (C=O) groups excluding carboxylic acids is 1. The van der Waals surface area contributed by atoms with Crippen molar-refractivity contribution in [3.63, 3.8) is 0 Å². The summed E-state index contributed by atoms with van der Waals surface area (Å²) in [5.74, 6) is 1.34. The third kappa shape index (κ3) is 3.89. The van der Waals surface area contributed by atoms with Crippen molar-refractivity contribution in [2.24, 2.45) is 0 Å². The Morgan fingerprint density at radius 1 is 0.769 bits per heavy atom. The van der Waals surface area contributed by atoms with Gasteiger partial charge in [0.05, 0.1) is 39.6 Å². The molecule has 3 aliphatic heterocycles. The molecule has 26 heavy (non-hydrogen) atoms. The lowest BCUT2D eigenvalue weighted by molar-refractivity contribution is 0.0299. The lowest BCUT2D eigenvalue weighted by Crippen LogP contribution is -2.42. The van der Waals surface area contributed by atoms with Crippen LogP contribution in [0.5, 0.6) is 0 Å². The highest BCUT2D eigenvalue weighted by molar-refractivity contribution is 5.93. The summed E-state index contributed by atoms with van der Waals surface area (Å²) in [4.78, 5) is 28.4. The van der Waals surface area contributed by atoms with Gasteiger partial charge in [-0.3, -0.25) is 4.79 Å². The predicted molar refractivity (Wildman–Crippen MR) is 94.8 cm³/mol. The zero-order chi connectivity index (χ0) is 17.8. The molecule has 1 aromatic heterocycles. The number of hydrogen-bond donors (Lipinski definition) is 0. The number of amides is 1. The van der Waals surface area contributed by atoms with Crippen LogP contribution in [-0.4, -0.2) is 99.7 Å². The van der Waals surface area contributed by atoms with Crippen LogP contribution in [0.4, 0.5) is 11.8 Å². The van der Waals surface area contributed by atoms with Gasteiger partial charge in [-0.15, -0.1) is 0 Å². The maximum absolute atomic E-state index is 13.0. The topological polar surface area (TPSA) is 80.3 Å². The average Bonchev–Trinajstić information content (AvgIpc) is 2.75. The van der Waals surface area contributed by atoms with Crippen molar-refractivity contribution in [3.05, 3.63) is 11.8 Å². The Kier molecular flexibility index (Phi) is 5.47. The molecule has 0 atom stereocenters. The molecule has 9 nitrogen and oxygen atoms in total. The molecular weight excluding hydrogens is 338 g/mol. The van der Waals surface area contributed by atoms with Gasteiger partial charge >= 0.3 is 0 Å². The largest absolute Gasteiger partial charge is 0.378 e. The van der Waals surface area contributed by atoms with E-state index < -0.39 is 0 Å². The molecule has 0 saturated carbocycles. The highest BCUT2D eigenvalue weighted by Crippen LogP contribution is 2.21. The fourth-order valence-electron chi connectivity index (χ4n) is 3.32. The molecule has 4 heterocycles. The predicted octanol–water partition coefficient (Wildman–Crippen LogP) is -0.378. The lowest BCUT2D eigenvalue weighted by atomic mass is 10.3. The van der Waals surface area contributed by atoms with Gasteiger partial charge in [-0.25, -0.2) is 4.98 Å². The SMILES string of the molecule is O=C(c1cc(N2CCOCC2)nc(N2CCOCC2)n1)N1CCOCC1. The minimum absolute atomic E-state index is 0.0558. The molecule has 4 rings (SSSR count). The van der Waals surface area contributed by atoms with Crippen LogP contribution in [-0.2, 0) is 14.2 Å². The second kappa shape index (κ2) is 8.15. The van der Waals surface area contributed by atoms with Crippen molar-refractivity contribution in [1.82, 2.24) is 14.9 Å². The van der Waals surface area contributed by atoms with Gasteiger partial charge in [0.15, 0.2) is 0 Å². The van der Waals surface area contributed by atoms with Gasteiger partial charge in [-0.1, -0.05) is 0 Å². The van der Waals surface area contributed by atoms with Crippen molar-refractivity contribution in [1.29, 1.82) is 0 Å². The van der Waals surface area contributed by atoms with E-state index in [-0.39, 0.29) is 5.91 Å². The first kappa shape index (κ1) is 17.4. The summed E-state index contributed by atoms with van der Waals surface area (Å²) in [6, 6.07) is 1.81. The Balaban J connectivity index is 1.63. The van der Waals surface area contributed by atoms with Crippen LogP contribution in [0.2, 0.25) is 0 Å². The number of carbonyl (C=O) groups is 1. The Labute approximate surface area is 152 Å². The molecule has 3 fully saturated rings. The van der Waals surface area contributed by atoms with Crippen LogP contribution in [0.15, 0.2) is 6.07 Å². The maximum atomic E-state index is 13.0. The Hall–Kier alpha value is -1.97. The summed E-state index contributed by atoms with van der Waals surface area (Å²) in [5, 5.41) is 0. The number of ether oxygens (including phenoxy) is 3. The Morgan fingerprint density at radius 2 is 1.31 bits per heavy atom. The summed E-state index contributed by atoms with van der Waals surface area (Å²) >= 11 is 0. The summed E-state index contributed by atoms with van der Waals surface area (Å²) in [5.41, 5.74) is 0.449. The summed E-state index contributed by atoms with van der Waals surface area (Å²) in [7, 11) is 0. The van der Waals surface area contributed by atoms with Crippen LogP contribution >= 0.6 is 0 Å². The first-order valence-electron chi connectivity index (χ1n) is 9.23. The first-order chi connectivity index (χ1) is 12.8. The molecule has 3 saturated heterocycles. The second-order valence-electron chi connectivity index (χ2n) is 6.51. The Morgan fingerprint density at radius 3 is 1.92 bits per heavy atom. The molecule has 142 valence electrons. The summed E-state index contributed by atoms with van der Waals surface area (Å²) in [6.07, 6.45) is 0. The summed E-state index contributed by atoms with van der Waals surface area (Å²) in [6.45, 7) is 7.99. The number of hydrogen-bond acceptors (Lipinski definition) is 8. The van der Waals surface area contributed by atoms with Crippen LogP contribution in [0.3, 0.4) is 0 Å². The van der Waals surface area contributed by atoms with E-state index in [0.29, 0.717) is 64.4 Å². The van der Waals surface area contributed by atoms with E-state index in [1.165, 1.54) is 0 Å². The molecule has 9 heteroatoms. The van der Waals surface area contributed by atoms with E-state index in [4.69, 9.17) is 19.2 Å². The van der Waals surface area contributed by atoms with Crippen LogP contribution in [0.25, 0.3) is 0 Å². The van der Waals surface area contributed by atoms with E-state index in [1.54, 1.807) is 4.90 Å². The van der Waals surface area contributed by atoms with Crippen molar-refractivity contribution in [2.75, 3.05) is 88.7 Å². The third-order valence-corrected chi connectivity index (χ3v) is 4.85. The number of aromatic nitrogens is 2. The lowest BCUT2D eigenvalue weighted by Gasteiger charge is -2.32. The zero-order valence-electron chi connectivity index (χ0n) is 14.9. The molecule has 0 bridgehead atoms. The van der Waals surface area contributed by atoms with Gasteiger partial charge in [0.2, 0.25) is 5.95 Å². The fourth-order valence-corrected chi connectivity index (χ4v) is 3.32. The van der Waals surface area contributed by atoms with E-state index in [0.717, 1.165) is 32.0 Å². The second-order valence-corrected chi connectivity index (χ2v) is 6.51. The molecular formula is C17H25N5O4. The van der Waals surface area contributed by atoms with Crippen LogP contribution in [0, 0.1) is 0 Å². The number of morpholine rings is 3. The van der Waals surface area contributed by atoms with Gasteiger partial charge < -0.3 is 28.9 Å². The van der Waals surface area contributed by atoms with Gasteiger partial charge in [0.1, 0.15) is 11.5 Å². The van der Waals surface area contributed by atoms with Crippen LogP contribution in [0.1, 0.15) is 10.5 Å². The van der Waals surface area contributed by atoms with Gasteiger partial charge in [-0.05, 0) is 0 Å². The van der Waals surface area contributed by atoms with Gasteiger partial charge in [0, 0.05) is 45.3 Å². The zero-order valence-corrected chi connectivity index (χ0v) is 14.9. The minimum atomic E-state index is -0.0558. The molecule has 1 amide bonds. The van der Waals surface area contributed by atoms with E-state index in [1.807, 2.05) is 6.07 Å². The van der Waals surface area contributed by atoms with Gasteiger partial charge in [-0.2, -0.15) is 4.98 Å². The standard InChI is InChI=1S/C17H25N5O4/c23-16(21-3-9-25-10-4-21)14-13-15(20-1-7-24-8-2-20)19-17(18-14)22-5-11-26-12-6-22/h13H,1-12H2. The van der Waals surface area contributed by atoms with Crippen molar-refractivity contribution in [3.8, 4) is 0 Å². The summed E-state index contributed by atoms with van der Waals surface area (Å²) < 4.78 is 16.2. The maximum Gasteiger partial charge on any atom is 0.272 e. The molecule has 0 unspecified atom stereocenters. The third-order valence-electron chi connectivity index (χ3n) is 4.85. The monoisotopic (exact) mass is 363 g/mol. The van der Waals surface area contributed by atoms with Crippen molar-refractivity contribution < 1.29 is 19.0 Å². The number of anilines is 2. The number of nitrogens with zero attached hydrogens (tertiary/aromatic N) is 5. The average molecular weight is 363 g/mol. The minimum Gasteiger partial charge on any atom is -0.378 e. The molecule has 0 aromatic carbocycles. The smallest absolute Gasteiger partial charge is 0.272 e. The van der Waals surface area contributed by atoms with Crippen LogP contribution < -0.4 is 9.80 Å². The molecule has 0 aliphatic carbocycles. The molecule has 0 N–H and O–H groups in total. The van der Waals surface area contributed by atoms with E-state index in [9.17, 15) is 4.79 Å². The highest BCUT2D eigenvalue weighted by Gasteiger charge is 2.25. The molecule has 0 spiro atoms. The normalized spacial score (nSPS) is 21.8. The Bertz CT molecular complexity index is 589. The van der Waals surface area contributed by atoms with Gasteiger partial charge in [0.25, 0.3) is 5.91 Å². The van der Waals surface area contributed by atoms with E-state index >= 15 is 0 Å². The molecule has 0 radical (unpaired) electrons. The quantitative estimate of drug-likeness (QED) is 0.719. The molecule has 1 aromatic rings. The van der Waals surface area contributed by atoms with Crippen molar-refractivity contribution >= 4 is 17.7 Å². The van der Waals surface area contributed by atoms with E-state index in [2.05, 4.69) is 14.8 Å². The molecule has 3 aliphatic rings.